The second-order valence-corrected chi connectivity index (χ2v) is 8.68. The van der Waals surface area contributed by atoms with Crippen molar-refractivity contribution in [2.45, 2.75) is 30.6 Å². The molecule has 1 unspecified atom stereocenters. The number of hydrogen-bond acceptors (Lipinski definition) is 2. The summed E-state index contributed by atoms with van der Waals surface area (Å²) >= 11 is 18.2. The van der Waals surface area contributed by atoms with Gasteiger partial charge in [0, 0.05) is 37.7 Å². The molecular formula is C17H21Cl3N2O. The second-order valence-electron chi connectivity index (χ2n) is 6.76. The molecule has 1 amide bonds. The molecule has 1 heterocycles. The number of rotatable bonds is 3. The Kier molecular flexibility index (Phi) is 4.85. The SMILES string of the molecule is CC1(C(=O)N2CCCN(Cc3ccc(Cl)cc3)CC2)CC1(Cl)Cl. The van der Waals surface area contributed by atoms with Crippen molar-refractivity contribution in [2.75, 3.05) is 26.2 Å². The van der Waals surface area contributed by atoms with E-state index < -0.39 is 9.75 Å². The summed E-state index contributed by atoms with van der Waals surface area (Å²) in [4.78, 5) is 17.0. The Morgan fingerprint density at radius 2 is 1.78 bits per heavy atom. The fourth-order valence-electron chi connectivity index (χ4n) is 3.16. The van der Waals surface area contributed by atoms with Crippen LogP contribution in [-0.2, 0) is 11.3 Å². The lowest BCUT2D eigenvalue weighted by Crippen LogP contribution is -2.40. The van der Waals surface area contributed by atoms with E-state index in [9.17, 15) is 4.79 Å². The van der Waals surface area contributed by atoms with Crippen LogP contribution < -0.4 is 0 Å². The molecule has 0 spiro atoms. The van der Waals surface area contributed by atoms with Crippen molar-refractivity contribution in [3.8, 4) is 0 Å². The maximum atomic E-state index is 12.7. The minimum atomic E-state index is -0.890. The highest BCUT2D eigenvalue weighted by Gasteiger charge is 2.68. The summed E-state index contributed by atoms with van der Waals surface area (Å²) in [5.41, 5.74) is 0.630. The quantitative estimate of drug-likeness (QED) is 0.747. The van der Waals surface area contributed by atoms with Crippen LogP contribution in [0.15, 0.2) is 24.3 Å². The molecule has 1 aliphatic heterocycles. The lowest BCUT2D eigenvalue weighted by Gasteiger charge is -2.25. The molecule has 1 saturated heterocycles. The van der Waals surface area contributed by atoms with Crippen LogP contribution >= 0.6 is 34.8 Å². The smallest absolute Gasteiger partial charge is 0.231 e. The van der Waals surface area contributed by atoms with Gasteiger partial charge in [0.15, 0.2) is 0 Å². The number of nitrogens with zero attached hydrogens (tertiary/aromatic N) is 2. The molecule has 3 nitrogen and oxygen atoms in total. The fourth-order valence-corrected chi connectivity index (χ4v) is 3.98. The largest absolute Gasteiger partial charge is 0.341 e. The first kappa shape index (κ1) is 17.3. The Morgan fingerprint density at radius 3 is 2.39 bits per heavy atom. The van der Waals surface area contributed by atoms with Crippen molar-refractivity contribution < 1.29 is 4.79 Å². The average molecular weight is 376 g/mol. The highest BCUT2D eigenvalue weighted by Crippen LogP contribution is 2.64. The van der Waals surface area contributed by atoms with Crippen LogP contribution in [0.5, 0.6) is 0 Å². The first-order valence-electron chi connectivity index (χ1n) is 7.96. The number of carbonyl (C=O) groups excluding carboxylic acids is 1. The first-order valence-corrected chi connectivity index (χ1v) is 9.09. The van der Waals surface area contributed by atoms with Gasteiger partial charge in [0.25, 0.3) is 0 Å². The summed E-state index contributed by atoms with van der Waals surface area (Å²) < 4.78 is -0.890. The number of alkyl halides is 2. The van der Waals surface area contributed by atoms with Crippen LogP contribution in [0.3, 0.4) is 0 Å². The molecule has 1 aromatic carbocycles. The Labute approximate surface area is 152 Å². The van der Waals surface area contributed by atoms with Gasteiger partial charge < -0.3 is 4.90 Å². The van der Waals surface area contributed by atoms with Crippen molar-refractivity contribution in [1.82, 2.24) is 9.80 Å². The van der Waals surface area contributed by atoms with Gasteiger partial charge in [-0.15, -0.1) is 23.2 Å². The minimum absolute atomic E-state index is 0.0934. The molecule has 126 valence electrons. The maximum Gasteiger partial charge on any atom is 0.231 e. The van der Waals surface area contributed by atoms with E-state index in [4.69, 9.17) is 34.8 Å². The lowest BCUT2D eigenvalue weighted by molar-refractivity contribution is -0.136. The molecule has 23 heavy (non-hydrogen) atoms. The number of carbonyl (C=O) groups is 1. The van der Waals surface area contributed by atoms with E-state index in [0.717, 1.165) is 44.2 Å². The highest BCUT2D eigenvalue weighted by atomic mass is 35.5. The van der Waals surface area contributed by atoms with E-state index in [2.05, 4.69) is 17.0 Å². The van der Waals surface area contributed by atoms with Gasteiger partial charge in [-0.1, -0.05) is 23.7 Å². The summed E-state index contributed by atoms with van der Waals surface area (Å²) in [5.74, 6) is 0.0934. The minimum Gasteiger partial charge on any atom is -0.341 e. The summed E-state index contributed by atoms with van der Waals surface area (Å²) in [6.45, 7) is 6.09. The first-order chi connectivity index (χ1) is 10.8. The molecule has 1 atom stereocenters. The topological polar surface area (TPSA) is 23.6 Å². The van der Waals surface area contributed by atoms with Gasteiger partial charge in [-0.2, -0.15) is 0 Å². The molecule has 0 radical (unpaired) electrons. The van der Waals surface area contributed by atoms with Gasteiger partial charge >= 0.3 is 0 Å². The monoisotopic (exact) mass is 374 g/mol. The fraction of sp³-hybridized carbons (Fsp3) is 0.588. The Morgan fingerprint density at radius 1 is 1.13 bits per heavy atom. The van der Waals surface area contributed by atoms with E-state index >= 15 is 0 Å². The number of benzene rings is 1. The third-order valence-corrected chi connectivity index (χ3v) is 6.28. The molecule has 3 rings (SSSR count). The Balaban J connectivity index is 1.57. The third-order valence-electron chi connectivity index (χ3n) is 4.93. The summed E-state index contributed by atoms with van der Waals surface area (Å²) in [6.07, 6.45) is 1.51. The maximum absolute atomic E-state index is 12.7. The van der Waals surface area contributed by atoms with Crippen molar-refractivity contribution in [1.29, 1.82) is 0 Å². The lowest BCUT2D eigenvalue weighted by atomic mass is 10.1. The van der Waals surface area contributed by atoms with Crippen LogP contribution in [-0.4, -0.2) is 46.2 Å². The highest BCUT2D eigenvalue weighted by molar-refractivity contribution is 6.53. The summed E-state index contributed by atoms with van der Waals surface area (Å²) in [6, 6.07) is 7.94. The predicted molar refractivity (Wildman–Crippen MR) is 95.1 cm³/mol. The molecule has 2 fully saturated rings. The van der Waals surface area contributed by atoms with Gasteiger partial charge in [0.2, 0.25) is 5.91 Å². The van der Waals surface area contributed by atoms with Gasteiger partial charge in [-0.25, -0.2) is 0 Å². The Bertz CT molecular complexity index is 590. The van der Waals surface area contributed by atoms with Gasteiger partial charge in [-0.3, -0.25) is 9.69 Å². The standard InChI is InChI=1S/C17H21Cl3N2O/c1-16(12-17(16,19)20)15(23)22-8-2-7-21(9-10-22)11-13-3-5-14(18)6-4-13/h3-6H,2,7-12H2,1H3. The van der Waals surface area contributed by atoms with Crippen LogP contribution in [0.1, 0.15) is 25.3 Å². The van der Waals surface area contributed by atoms with Crippen molar-refractivity contribution in [2.24, 2.45) is 5.41 Å². The molecule has 1 aliphatic carbocycles. The van der Waals surface area contributed by atoms with Crippen molar-refractivity contribution in [3.63, 3.8) is 0 Å². The van der Waals surface area contributed by atoms with E-state index in [-0.39, 0.29) is 5.91 Å². The van der Waals surface area contributed by atoms with E-state index in [1.165, 1.54) is 5.56 Å². The molecule has 0 N–H and O–H groups in total. The number of amides is 1. The third kappa shape index (κ3) is 3.63. The predicted octanol–water partition coefficient (Wildman–Crippen LogP) is 3.96. The molecule has 1 saturated carbocycles. The van der Waals surface area contributed by atoms with E-state index in [0.29, 0.717) is 6.42 Å². The van der Waals surface area contributed by atoms with Crippen LogP contribution in [0.25, 0.3) is 0 Å². The van der Waals surface area contributed by atoms with E-state index in [1.54, 1.807) is 0 Å². The number of halogens is 3. The summed E-state index contributed by atoms with van der Waals surface area (Å²) in [7, 11) is 0. The van der Waals surface area contributed by atoms with Crippen LogP contribution in [0.4, 0.5) is 0 Å². The zero-order valence-corrected chi connectivity index (χ0v) is 15.5. The molecule has 0 aromatic heterocycles. The molecule has 2 aliphatic rings. The van der Waals surface area contributed by atoms with Crippen molar-refractivity contribution >= 4 is 40.7 Å². The van der Waals surface area contributed by atoms with E-state index in [1.807, 2.05) is 24.0 Å². The van der Waals surface area contributed by atoms with Crippen LogP contribution in [0.2, 0.25) is 5.02 Å². The second kappa shape index (κ2) is 6.44. The van der Waals surface area contributed by atoms with Crippen molar-refractivity contribution in [3.05, 3.63) is 34.9 Å². The zero-order valence-electron chi connectivity index (χ0n) is 13.2. The molecule has 6 heteroatoms. The normalized spacial score (nSPS) is 27.6. The Hall–Kier alpha value is -0.480. The molecule has 1 aromatic rings. The molecule has 0 bridgehead atoms. The van der Waals surface area contributed by atoms with Crippen LogP contribution in [0, 0.1) is 5.41 Å². The van der Waals surface area contributed by atoms with Gasteiger partial charge in [0.1, 0.15) is 4.33 Å². The summed E-state index contributed by atoms with van der Waals surface area (Å²) in [5, 5.41) is 0.754. The number of hydrogen-bond donors (Lipinski definition) is 0. The van der Waals surface area contributed by atoms with Gasteiger partial charge in [-0.05, 0) is 37.5 Å². The zero-order chi connectivity index (χ0) is 16.7. The van der Waals surface area contributed by atoms with Gasteiger partial charge in [0.05, 0.1) is 5.41 Å². The molecular weight excluding hydrogens is 355 g/mol. The average Bonchev–Trinajstić information content (AvgIpc) is 3.11.